The minimum Gasteiger partial charge on any atom is -0.326 e. The second-order valence-electron chi connectivity index (χ2n) is 4.97. The van der Waals surface area contributed by atoms with Gasteiger partial charge in [0.25, 0.3) is 0 Å². The summed E-state index contributed by atoms with van der Waals surface area (Å²) in [7, 11) is 0. The zero-order valence-electron chi connectivity index (χ0n) is 11.1. The first-order chi connectivity index (χ1) is 10.1. The summed E-state index contributed by atoms with van der Waals surface area (Å²) in [5.41, 5.74) is 2.76. The van der Waals surface area contributed by atoms with Gasteiger partial charge in [0.05, 0.1) is 0 Å². The summed E-state index contributed by atoms with van der Waals surface area (Å²) in [6.07, 6.45) is 2.53. The van der Waals surface area contributed by atoms with Crippen LogP contribution in [0.25, 0.3) is 5.70 Å². The van der Waals surface area contributed by atoms with Crippen LogP contribution in [-0.4, -0.2) is 5.91 Å². The summed E-state index contributed by atoms with van der Waals surface area (Å²) in [5.74, 6) is 0.0819. The third kappa shape index (κ3) is 3.20. The molecule has 1 heterocycles. The molecule has 2 aromatic rings. The molecule has 0 spiro atoms. The van der Waals surface area contributed by atoms with Gasteiger partial charge >= 0.3 is 0 Å². The van der Waals surface area contributed by atoms with Gasteiger partial charge < -0.3 is 5.32 Å². The molecule has 0 bridgehead atoms. The van der Waals surface area contributed by atoms with Crippen molar-refractivity contribution in [3.8, 4) is 0 Å². The van der Waals surface area contributed by atoms with Crippen molar-refractivity contribution in [2.75, 3.05) is 0 Å². The van der Waals surface area contributed by atoms with E-state index in [2.05, 4.69) is 27.3 Å². The number of nitrogens with one attached hydrogen (secondary N) is 1. The Hall–Kier alpha value is -1.58. The molecule has 1 unspecified atom stereocenters. The molecule has 0 saturated heterocycles. The summed E-state index contributed by atoms with van der Waals surface area (Å²) in [5, 5.41) is 3.55. The molecule has 1 atom stereocenters. The van der Waals surface area contributed by atoms with Crippen molar-refractivity contribution in [3.05, 3.63) is 75.2 Å². The maximum absolute atomic E-state index is 12.0. The van der Waals surface area contributed by atoms with E-state index >= 15 is 0 Å². The normalized spacial score (nSPS) is 18.1. The highest BCUT2D eigenvalue weighted by atomic mass is 79.9. The standard InChI is InChI=1S/C17H13BrClNO/c18-13-7-5-11(6-8-13)12-9-16(20-17(21)10-12)14-3-1-2-4-15(14)19/h1-9,12H,10H2,(H,20,21). The number of rotatable bonds is 2. The lowest BCUT2D eigenvalue weighted by Crippen LogP contribution is -2.28. The first kappa shape index (κ1) is 14.4. The van der Waals surface area contributed by atoms with Crippen molar-refractivity contribution in [2.45, 2.75) is 12.3 Å². The van der Waals surface area contributed by atoms with E-state index in [9.17, 15) is 4.79 Å². The van der Waals surface area contributed by atoms with E-state index in [1.165, 1.54) is 0 Å². The Balaban J connectivity index is 1.99. The number of allylic oxidation sites excluding steroid dienone is 1. The Morgan fingerprint density at radius 1 is 1.10 bits per heavy atom. The number of halogens is 2. The van der Waals surface area contributed by atoms with Crippen LogP contribution in [-0.2, 0) is 4.79 Å². The second kappa shape index (κ2) is 6.04. The Morgan fingerprint density at radius 3 is 2.52 bits per heavy atom. The molecule has 1 aliphatic heterocycles. The summed E-state index contributed by atoms with van der Waals surface area (Å²) >= 11 is 9.65. The first-order valence-electron chi connectivity index (χ1n) is 6.65. The van der Waals surface area contributed by atoms with Crippen molar-refractivity contribution in [1.82, 2.24) is 5.32 Å². The van der Waals surface area contributed by atoms with Crippen LogP contribution in [0.5, 0.6) is 0 Å². The van der Waals surface area contributed by atoms with Gasteiger partial charge in [-0.05, 0) is 23.8 Å². The molecule has 0 radical (unpaired) electrons. The van der Waals surface area contributed by atoms with Gasteiger partial charge in [0.1, 0.15) is 0 Å². The van der Waals surface area contributed by atoms with Gasteiger partial charge in [-0.15, -0.1) is 0 Å². The van der Waals surface area contributed by atoms with E-state index in [1.807, 2.05) is 48.5 Å². The molecule has 3 rings (SSSR count). The Morgan fingerprint density at radius 2 is 1.81 bits per heavy atom. The van der Waals surface area contributed by atoms with Crippen LogP contribution in [0, 0.1) is 0 Å². The monoisotopic (exact) mass is 361 g/mol. The summed E-state index contributed by atoms with van der Waals surface area (Å²) in [6, 6.07) is 15.6. The molecule has 4 heteroatoms. The molecule has 106 valence electrons. The molecule has 0 saturated carbocycles. The van der Waals surface area contributed by atoms with Crippen molar-refractivity contribution in [2.24, 2.45) is 0 Å². The molecule has 2 aromatic carbocycles. The third-order valence-electron chi connectivity index (χ3n) is 3.51. The van der Waals surface area contributed by atoms with E-state index in [4.69, 9.17) is 11.6 Å². The molecule has 2 nitrogen and oxygen atoms in total. The molecule has 21 heavy (non-hydrogen) atoms. The SMILES string of the molecule is O=C1CC(c2ccc(Br)cc2)C=C(c2ccccc2Cl)N1. The zero-order valence-corrected chi connectivity index (χ0v) is 13.5. The zero-order chi connectivity index (χ0) is 14.8. The van der Waals surface area contributed by atoms with Gasteiger partial charge in [-0.3, -0.25) is 4.79 Å². The summed E-state index contributed by atoms with van der Waals surface area (Å²) in [6.45, 7) is 0. The molecule has 0 aliphatic carbocycles. The van der Waals surface area contributed by atoms with Crippen LogP contribution in [0.3, 0.4) is 0 Å². The van der Waals surface area contributed by atoms with E-state index in [1.54, 1.807) is 0 Å². The third-order valence-corrected chi connectivity index (χ3v) is 4.37. The van der Waals surface area contributed by atoms with Crippen LogP contribution >= 0.6 is 27.5 Å². The first-order valence-corrected chi connectivity index (χ1v) is 7.82. The predicted molar refractivity (Wildman–Crippen MR) is 89.1 cm³/mol. The molecular formula is C17H13BrClNO. The van der Waals surface area contributed by atoms with Crippen LogP contribution in [0.1, 0.15) is 23.5 Å². The highest BCUT2D eigenvalue weighted by molar-refractivity contribution is 9.10. The van der Waals surface area contributed by atoms with Crippen molar-refractivity contribution in [3.63, 3.8) is 0 Å². The number of carbonyl (C=O) groups is 1. The van der Waals surface area contributed by atoms with E-state index in [0.29, 0.717) is 11.4 Å². The lowest BCUT2D eigenvalue weighted by atomic mass is 9.90. The highest BCUT2D eigenvalue weighted by Gasteiger charge is 2.22. The van der Waals surface area contributed by atoms with Crippen molar-refractivity contribution >= 4 is 39.1 Å². The Kier molecular flexibility index (Phi) is 4.13. The largest absolute Gasteiger partial charge is 0.326 e. The topological polar surface area (TPSA) is 29.1 Å². The fourth-order valence-electron chi connectivity index (χ4n) is 2.46. The van der Waals surface area contributed by atoms with Gasteiger partial charge in [-0.2, -0.15) is 0 Å². The lowest BCUT2D eigenvalue weighted by Gasteiger charge is -2.23. The second-order valence-corrected chi connectivity index (χ2v) is 6.29. The van der Waals surface area contributed by atoms with E-state index < -0.39 is 0 Å². The number of benzene rings is 2. The quantitative estimate of drug-likeness (QED) is 0.821. The van der Waals surface area contributed by atoms with Gasteiger partial charge in [-0.25, -0.2) is 0 Å². The average Bonchev–Trinajstić information content (AvgIpc) is 2.48. The summed E-state index contributed by atoms with van der Waals surface area (Å²) < 4.78 is 1.03. The highest BCUT2D eigenvalue weighted by Crippen LogP contribution is 2.31. The number of carbonyl (C=O) groups excluding carboxylic acids is 1. The fraction of sp³-hybridized carbons (Fsp3) is 0.118. The molecule has 1 amide bonds. The van der Waals surface area contributed by atoms with Crippen LogP contribution in [0.2, 0.25) is 5.02 Å². The predicted octanol–water partition coefficient (Wildman–Crippen LogP) is 4.75. The van der Waals surface area contributed by atoms with Gasteiger partial charge in [0.2, 0.25) is 5.91 Å². The maximum Gasteiger partial charge on any atom is 0.225 e. The van der Waals surface area contributed by atoms with Gasteiger partial charge in [0, 0.05) is 33.1 Å². The minimum atomic E-state index is 0.0142. The van der Waals surface area contributed by atoms with E-state index in [-0.39, 0.29) is 11.8 Å². The number of hydrogen-bond acceptors (Lipinski definition) is 1. The smallest absolute Gasteiger partial charge is 0.225 e. The Labute approximate surface area is 136 Å². The average molecular weight is 363 g/mol. The van der Waals surface area contributed by atoms with Crippen LogP contribution in [0.15, 0.2) is 59.1 Å². The van der Waals surface area contributed by atoms with Crippen molar-refractivity contribution in [1.29, 1.82) is 0 Å². The number of hydrogen-bond donors (Lipinski definition) is 1. The Bertz CT molecular complexity index is 709. The van der Waals surface area contributed by atoms with Crippen LogP contribution in [0.4, 0.5) is 0 Å². The lowest BCUT2D eigenvalue weighted by molar-refractivity contribution is -0.120. The van der Waals surface area contributed by atoms with Gasteiger partial charge in [-0.1, -0.05) is 63.9 Å². The molecular weight excluding hydrogens is 350 g/mol. The molecule has 1 aliphatic rings. The number of amides is 1. The molecule has 0 fully saturated rings. The fourth-order valence-corrected chi connectivity index (χ4v) is 2.97. The summed E-state index contributed by atoms with van der Waals surface area (Å²) in [4.78, 5) is 12.0. The van der Waals surface area contributed by atoms with E-state index in [0.717, 1.165) is 21.3 Å². The molecule has 1 N–H and O–H groups in total. The van der Waals surface area contributed by atoms with Crippen LogP contribution < -0.4 is 5.32 Å². The molecule has 0 aromatic heterocycles. The maximum atomic E-state index is 12.0. The van der Waals surface area contributed by atoms with Gasteiger partial charge in [0.15, 0.2) is 0 Å². The van der Waals surface area contributed by atoms with Crippen molar-refractivity contribution < 1.29 is 4.79 Å². The minimum absolute atomic E-state index is 0.0142.